The number of nitrogens with one attached hydrogen (secondary N) is 1. The molecule has 2 aromatic rings. The predicted octanol–water partition coefficient (Wildman–Crippen LogP) is 1.60. The van der Waals surface area contributed by atoms with Crippen molar-refractivity contribution in [1.82, 2.24) is 19.9 Å². The standard InChI is InChI=1S/C16H18N4O/c21-16-12-6-8-20(9-11-4-5-11)10-14(12)18-15(19-16)13-3-1-2-7-17-13/h1-3,7,11H,4-6,8-10H2,(H,18,19,21). The number of pyridine rings is 1. The monoisotopic (exact) mass is 282 g/mol. The van der Waals surface area contributed by atoms with Crippen molar-refractivity contribution in [2.24, 2.45) is 5.92 Å². The van der Waals surface area contributed by atoms with Gasteiger partial charge in [-0.05, 0) is 37.3 Å². The lowest BCUT2D eigenvalue weighted by atomic mass is 10.1. The van der Waals surface area contributed by atoms with E-state index in [9.17, 15) is 4.79 Å². The smallest absolute Gasteiger partial charge is 0.254 e. The van der Waals surface area contributed by atoms with Gasteiger partial charge in [-0.15, -0.1) is 0 Å². The molecule has 21 heavy (non-hydrogen) atoms. The number of nitrogens with zero attached hydrogens (tertiary/aromatic N) is 3. The Kier molecular flexibility index (Phi) is 3.07. The third-order valence-corrected chi connectivity index (χ3v) is 4.27. The van der Waals surface area contributed by atoms with Gasteiger partial charge >= 0.3 is 0 Å². The predicted molar refractivity (Wildman–Crippen MR) is 79.8 cm³/mol. The molecule has 1 N–H and O–H groups in total. The van der Waals surface area contributed by atoms with E-state index in [4.69, 9.17) is 0 Å². The van der Waals surface area contributed by atoms with Crippen LogP contribution >= 0.6 is 0 Å². The number of aromatic nitrogens is 3. The van der Waals surface area contributed by atoms with Gasteiger partial charge in [0.15, 0.2) is 5.82 Å². The number of hydrogen-bond donors (Lipinski definition) is 1. The summed E-state index contributed by atoms with van der Waals surface area (Å²) in [6, 6.07) is 5.63. The van der Waals surface area contributed by atoms with Gasteiger partial charge in [0.05, 0.1) is 5.69 Å². The highest BCUT2D eigenvalue weighted by atomic mass is 16.1. The number of aromatic amines is 1. The molecular formula is C16H18N4O. The summed E-state index contributed by atoms with van der Waals surface area (Å²) in [4.78, 5) is 26.5. The molecule has 1 aliphatic carbocycles. The molecule has 2 aliphatic rings. The van der Waals surface area contributed by atoms with Gasteiger partial charge in [-0.3, -0.25) is 14.7 Å². The molecule has 0 bridgehead atoms. The summed E-state index contributed by atoms with van der Waals surface area (Å²) in [7, 11) is 0. The highest BCUT2D eigenvalue weighted by Crippen LogP contribution is 2.31. The highest BCUT2D eigenvalue weighted by molar-refractivity contribution is 5.49. The van der Waals surface area contributed by atoms with Gasteiger partial charge in [0, 0.05) is 31.4 Å². The van der Waals surface area contributed by atoms with Crippen LogP contribution in [0.5, 0.6) is 0 Å². The lowest BCUT2D eigenvalue weighted by Crippen LogP contribution is -2.36. The van der Waals surface area contributed by atoms with Crippen LogP contribution < -0.4 is 5.56 Å². The fraction of sp³-hybridized carbons (Fsp3) is 0.438. The summed E-state index contributed by atoms with van der Waals surface area (Å²) in [5.74, 6) is 1.44. The maximum absolute atomic E-state index is 12.3. The summed E-state index contributed by atoms with van der Waals surface area (Å²) in [5.41, 5.74) is 2.48. The fourth-order valence-corrected chi connectivity index (χ4v) is 2.94. The van der Waals surface area contributed by atoms with Crippen molar-refractivity contribution in [3.8, 4) is 11.5 Å². The molecule has 5 heteroatoms. The van der Waals surface area contributed by atoms with Crippen molar-refractivity contribution in [3.63, 3.8) is 0 Å². The van der Waals surface area contributed by atoms with Crippen LogP contribution in [0.3, 0.4) is 0 Å². The van der Waals surface area contributed by atoms with Crippen LogP contribution in [0.25, 0.3) is 11.5 Å². The van der Waals surface area contributed by atoms with Gasteiger partial charge in [0.1, 0.15) is 5.69 Å². The Morgan fingerprint density at radius 2 is 2.24 bits per heavy atom. The average Bonchev–Trinajstić information content (AvgIpc) is 3.32. The van der Waals surface area contributed by atoms with E-state index in [1.54, 1.807) is 6.20 Å². The van der Waals surface area contributed by atoms with Crippen LogP contribution in [0.2, 0.25) is 0 Å². The van der Waals surface area contributed by atoms with Crippen molar-refractivity contribution in [1.29, 1.82) is 0 Å². The Morgan fingerprint density at radius 3 is 3.00 bits per heavy atom. The third kappa shape index (κ3) is 2.61. The minimum Gasteiger partial charge on any atom is -0.305 e. The van der Waals surface area contributed by atoms with Gasteiger partial charge < -0.3 is 4.98 Å². The number of H-pyrrole nitrogens is 1. The molecule has 1 fully saturated rings. The topological polar surface area (TPSA) is 61.9 Å². The lowest BCUT2D eigenvalue weighted by Gasteiger charge is -2.27. The molecule has 108 valence electrons. The SMILES string of the molecule is O=c1[nH]c(-c2ccccn2)nc2c1CCN(CC1CC1)C2. The van der Waals surface area contributed by atoms with Crippen LogP contribution in [0.4, 0.5) is 0 Å². The number of rotatable bonds is 3. The molecule has 3 heterocycles. The summed E-state index contributed by atoms with van der Waals surface area (Å²) < 4.78 is 0. The third-order valence-electron chi connectivity index (χ3n) is 4.27. The maximum Gasteiger partial charge on any atom is 0.254 e. The summed E-state index contributed by atoms with van der Waals surface area (Å²) in [6.45, 7) is 2.90. The number of fused-ring (bicyclic) bond motifs is 1. The average molecular weight is 282 g/mol. The molecule has 1 aliphatic heterocycles. The Labute approximate surface area is 123 Å². The Morgan fingerprint density at radius 1 is 1.33 bits per heavy atom. The van der Waals surface area contributed by atoms with Crippen molar-refractivity contribution in [2.45, 2.75) is 25.8 Å². The summed E-state index contributed by atoms with van der Waals surface area (Å²) >= 11 is 0. The first-order chi connectivity index (χ1) is 10.3. The zero-order valence-corrected chi connectivity index (χ0v) is 11.9. The number of hydrogen-bond acceptors (Lipinski definition) is 4. The molecule has 0 radical (unpaired) electrons. The van der Waals surface area contributed by atoms with Crippen molar-refractivity contribution < 1.29 is 0 Å². The first-order valence-electron chi connectivity index (χ1n) is 7.55. The van der Waals surface area contributed by atoms with Crippen molar-refractivity contribution in [2.75, 3.05) is 13.1 Å². The zero-order valence-electron chi connectivity index (χ0n) is 11.9. The second-order valence-electron chi connectivity index (χ2n) is 5.98. The summed E-state index contributed by atoms with van der Waals surface area (Å²) in [5, 5.41) is 0. The van der Waals surface area contributed by atoms with Crippen LogP contribution in [0.15, 0.2) is 29.2 Å². The first kappa shape index (κ1) is 12.7. The minimum absolute atomic E-state index is 0.00766. The van der Waals surface area contributed by atoms with E-state index in [-0.39, 0.29) is 5.56 Å². The fourth-order valence-electron chi connectivity index (χ4n) is 2.94. The molecule has 0 atom stereocenters. The van der Waals surface area contributed by atoms with E-state index in [1.165, 1.54) is 12.8 Å². The molecule has 5 nitrogen and oxygen atoms in total. The second kappa shape index (κ2) is 5.07. The van der Waals surface area contributed by atoms with E-state index in [2.05, 4.69) is 19.9 Å². The lowest BCUT2D eigenvalue weighted by molar-refractivity contribution is 0.239. The van der Waals surface area contributed by atoms with Gasteiger partial charge in [0.25, 0.3) is 5.56 Å². The molecule has 0 spiro atoms. The van der Waals surface area contributed by atoms with Crippen LogP contribution in [-0.2, 0) is 13.0 Å². The molecule has 0 aromatic carbocycles. The van der Waals surface area contributed by atoms with Crippen molar-refractivity contribution >= 4 is 0 Å². The van der Waals surface area contributed by atoms with E-state index >= 15 is 0 Å². The highest BCUT2D eigenvalue weighted by Gasteiger charge is 2.28. The van der Waals surface area contributed by atoms with Gasteiger partial charge in [-0.1, -0.05) is 6.07 Å². The van der Waals surface area contributed by atoms with Gasteiger partial charge in [0.2, 0.25) is 0 Å². The Hall–Kier alpha value is -2.01. The van der Waals surface area contributed by atoms with E-state index < -0.39 is 0 Å². The second-order valence-corrected chi connectivity index (χ2v) is 5.98. The van der Waals surface area contributed by atoms with E-state index in [0.717, 1.165) is 48.9 Å². The largest absolute Gasteiger partial charge is 0.305 e. The van der Waals surface area contributed by atoms with Crippen LogP contribution in [0.1, 0.15) is 24.1 Å². The van der Waals surface area contributed by atoms with Crippen LogP contribution in [0, 0.1) is 5.92 Å². The quantitative estimate of drug-likeness (QED) is 0.929. The molecule has 1 saturated carbocycles. The molecule has 0 saturated heterocycles. The van der Waals surface area contributed by atoms with Crippen molar-refractivity contribution in [3.05, 3.63) is 46.0 Å². The van der Waals surface area contributed by atoms with E-state index in [0.29, 0.717) is 5.82 Å². The normalized spacial score (nSPS) is 18.5. The molecule has 2 aromatic heterocycles. The molecule has 0 unspecified atom stereocenters. The molecule has 0 amide bonds. The Balaban J connectivity index is 1.67. The van der Waals surface area contributed by atoms with E-state index in [1.807, 2.05) is 18.2 Å². The zero-order chi connectivity index (χ0) is 14.2. The van der Waals surface area contributed by atoms with Gasteiger partial charge in [-0.25, -0.2) is 4.98 Å². The van der Waals surface area contributed by atoms with Crippen LogP contribution in [-0.4, -0.2) is 32.9 Å². The maximum atomic E-state index is 12.3. The minimum atomic E-state index is -0.00766. The Bertz CT molecular complexity index is 706. The first-order valence-corrected chi connectivity index (χ1v) is 7.55. The molecular weight excluding hydrogens is 264 g/mol. The summed E-state index contributed by atoms with van der Waals surface area (Å²) in [6.07, 6.45) is 5.22. The van der Waals surface area contributed by atoms with Gasteiger partial charge in [-0.2, -0.15) is 0 Å². The molecule has 4 rings (SSSR count).